The van der Waals surface area contributed by atoms with Crippen LogP contribution in [-0.4, -0.2) is 64.7 Å². The molecule has 0 bridgehead atoms. The van der Waals surface area contributed by atoms with Crippen LogP contribution in [0.15, 0.2) is 28.8 Å². The van der Waals surface area contributed by atoms with Crippen molar-refractivity contribution in [1.82, 2.24) is 10.1 Å². The predicted molar refractivity (Wildman–Crippen MR) is 80.6 cm³/mol. The molecule has 0 spiro atoms. The Morgan fingerprint density at radius 2 is 1.80 bits per heavy atom. The second-order valence-corrected chi connectivity index (χ2v) is 5.63. The molecular formula is C16H16F2N2O5. The van der Waals surface area contributed by atoms with E-state index < -0.39 is 29.7 Å². The molecule has 9 heteroatoms. The van der Waals surface area contributed by atoms with Crippen LogP contribution < -0.4 is 0 Å². The van der Waals surface area contributed by atoms with Crippen LogP contribution in [0, 0.1) is 11.6 Å². The SMILES string of the molecule is O=C(c1cc(-c2c(F)cccc2F)no1)N1C[C@@H](CO)O[C@H](CO)C1. The van der Waals surface area contributed by atoms with Gasteiger partial charge in [-0.3, -0.25) is 4.79 Å². The first-order valence-corrected chi connectivity index (χ1v) is 7.61. The highest BCUT2D eigenvalue weighted by atomic mass is 19.1. The zero-order chi connectivity index (χ0) is 18.0. The van der Waals surface area contributed by atoms with Gasteiger partial charge in [-0.15, -0.1) is 0 Å². The van der Waals surface area contributed by atoms with Gasteiger partial charge in [0, 0.05) is 19.2 Å². The van der Waals surface area contributed by atoms with Gasteiger partial charge in [-0.1, -0.05) is 11.2 Å². The Morgan fingerprint density at radius 1 is 1.20 bits per heavy atom. The molecular weight excluding hydrogens is 338 g/mol. The fourth-order valence-corrected chi connectivity index (χ4v) is 2.68. The average molecular weight is 354 g/mol. The first-order chi connectivity index (χ1) is 12.0. The summed E-state index contributed by atoms with van der Waals surface area (Å²) >= 11 is 0. The minimum Gasteiger partial charge on any atom is -0.394 e. The van der Waals surface area contributed by atoms with Crippen molar-refractivity contribution >= 4 is 5.91 Å². The Kier molecular flexibility index (Phi) is 5.07. The Morgan fingerprint density at radius 3 is 2.36 bits per heavy atom. The second-order valence-electron chi connectivity index (χ2n) is 5.63. The number of aliphatic hydroxyl groups is 2. The molecule has 0 saturated carbocycles. The number of benzene rings is 1. The van der Waals surface area contributed by atoms with Crippen LogP contribution in [0.1, 0.15) is 10.6 Å². The highest BCUT2D eigenvalue weighted by Gasteiger charge is 2.32. The molecule has 2 N–H and O–H groups in total. The van der Waals surface area contributed by atoms with Crippen LogP contribution in [-0.2, 0) is 4.74 Å². The van der Waals surface area contributed by atoms with E-state index in [-0.39, 0.29) is 43.3 Å². The molecule has 2 heterocycles. The molecule has 25 heavy (non-hydrogen) atoms. The van der Waals surface area contributed by atoms with Crippen LogP contribution in [0.4, 0.5) is 8.78 Å². The van der Waals surface area contributed by atoms with E-state index in [4.69, 9.17) is 9.26 Å². The van der Waals surface area contributed by atoms with Gasteiger partial charge in [-0.05, 0) is 12.1 Å². The number of nitrogens with zero attached hydrogens (tertiary/aromatic N) is 2. The lowest BCUT2D eigenvalue weighted by Crippen LogP contribution is -2.52. The Labute approximate surface area is 141 Å². The Bertz CT molecular complexity index is 734. The van der Waals surface area contributed by atoms with Crippen molar-refractivity contribution < 1.29 is 33.0 Å². The van der Waals surface area contributed by atoms with Gasteiger partial charge in [-0.2, -0.15) is 0 Å². The molecule has 134 valence electrons. The number of rotatable bonds is 4. The molecule has 1 fully saturated rings. The third kappa shape index (κ3) is 3.53. The lowest BCUT2D eigenvalue weighted by Gasteiger charge is -2.36. The van der Waals surface area contributed by atoms with Gasteiger partial charge in [0.15, 0.2) is 0 Å². The first-order valence-electron chi connectivity index (χ1n) is 7.61. The number of hydrogen-bond donors (Lipinski definition) is 2. The van der Waals surface area contributed by atoms with Crippen LogP contribution in [0.2, 0.25) is 0 Å². The summed E-state index contributed by atoms with van der Waals surface area (Å²) in [6, 6.07) is 4.53. The Hall–Kier alpha value is -2.36. The predicted octanol–water partition coefficient (Wildman–Crippen LogP) is 0.814. The molecule has 2 atom stereocenters. The summed E-state index contributed by atoms with van der Waals surface area (Å²) in [5.74, 6) is -2.41. The summed E-state index contributed by atoms with van der Waals surface area (Å²) < 4.78 is 37.9. The highest BCUT2D eigenvalue weighted by molar-refractivity contribution is 5.92. The molecule has 1 aliphatic rings. The first kappa shape index (κ1) is 17.5. The zero-order valence-electron chi connectivity index (χ0n) is 13.1. The number of carbonyl (C=O) groups excluding carboxylic acids is 1. The van der Waals surface area contributed by atoms with E-state index >= 15 is 0 Å². The summed E-state index contributed by atoms with van der Waals surface area (Å²) in [5, 5.41) is 22.0. The fraction of sp³-hybridized carbons (Fsp3) is 0.375. The maximum absolute atomic E-state index is 13.8. The van der Waals surface area contributed by atoms with Gasteiger partial charge in [0.1, 0.15) is 17.3 Å². The molecule has 0 aliphatic carbocycles. The number of carbonyl (C=O) groups is 1. The number of aromatic nitrogens is 1. The minimum absolute atomic E-state index is 0.0932. The molecule has 1 aromatic heterocycles. The topological polar surface area (TPSA) is 96.0 Å². The van der Waals surface area contributed by atoms with Crippen LogP contribution in [0.3, 0.4) is 0 Å². The normalized spacial score (nSPS) is 20.7. The van der Waals surface area contributed by atoms with E-state index in [1.165, 1.54) is 11.0 Å². The van der Waals surface area contributed by atoms with Gasteiger partial charge in [0.05, 0.1) is 31.0 Å². The maximum Gasteiger partial charge on any atom is 0.292 e. The minimum atomic E-state index is -0.820. The standard InChI is InChI=1S/C16H16F2N2O5/c17-11-2-1-3-12(18)15(11)13-4-14(25-19-13)16(23)20-5-9(7-21)24-10(6-20)8-22/h1-4,9-10,21-22H,5-8H2/t9-,10-/m0/s1. The number of hydrogen-bond acceptors (Lipinski definition) is 6. The molecule has 1 aromatic carbocycles. The largest absolute Gasteiger partial charge is 0.394 e. The molecule has 0 unspecified atom stereocenters. The molecule has 2 aromatic rings. The second kappa shape index (κ2) is 7.26. The maximum atomic E-state index is 13.8. The Balaban J connectivity index is 1.83. The van der Waals surface area contributed by atoms with Crippen molar-refractivity contribution in [2.24, 2.45) is 0 Å². The molecule has 1 aliphatic heterocycles. The van der Waals surface area contributed by atoms with Gasteiger partial charge >= 0.3 is 0 Å². The van der Waals surface area contributed by atoms with Crippen LogP contribution in [0.5, 0.6) is 0 Å². The summed E-state index contributed by atoms with van der Waals surface area (Å²) in [6.07, 6.45) is -1.28. The average Bonchev–Trinajstić information content (AvgIpc) is 3.10. The van der Waals surface area contributed by atoms with Gasteiger partial charge < -0.3 is 24.4 Å². The molecule has 1 amide bonds. The fourth-order valence-electron chi connectivity index (χ4n) is 2.68. The summed E-state index contributed by atoms with van der Waals surface area (Å²) in [5.41, 5.74) is -0.515. The number of amides is 1. The lowest BCUT2D eigenvalue weighted by atomic mass is 10.1. The van der Waals surface area contributed by atoms with Gasteiger partial charge in [0.25, 0.3) is 5.91 Å². The number of morpholine rings is 1. The van der Waals surface area contributed by atoms with Gasteiger partial charge in [-0.25, -0.2) is 8.78 Å². The van der Waals surface area contributed by atoms with E-state index in [0.29, 0.717) is 0 Å². The monoisotopic (exact) mass is 354 g/mol. The van der Waals surface area contributed by atoms with E-state index in [0.717, 1.165) is 18.2 Å². The van der Waals surface area contributed by atoms with Crippen molar-refractivity contribution in [2.75, 3.05) is 26.3 Å². The highest BCUT2D eigenvalue weighted by Crippen LogP contribution is 2.26. The van der Waals surface area contributed by atoms with E-state index in [9.17, 15) is 23.8 Å². The third-order valence-electron chi connectivity index (χ3n) is 3.87. The molecule has 3 rings (SSSR count). The molecule has 7 nitrogen and oxygen atoms in total. The summed E-state index contributed by atoms with van der Waals surface area (Å²) in [7, 11) is 0. The van der Waals surface area contributed by atoms with E-state index in [1.807, 2.05) is 0 Å². The van der Waals surface area contributed by atoms with Crippen molar-refractivity contribution in [3.05, 3.63) is 41.7 Å². The van der Waals surface area contributed by atoms with Crippen molar-refractivity contribution in [3.63, 3.8) is 0 Å². The van der Waals surface area contributed by atoms with Crippen LogP contribution in [0.25, 0.3) is 11.3 Å². The van der Waals surface area contributed by atoms with Crippen molar-refractivity contribution in [3.8, 4) is 11.3 Å². The molecule has 0 radical (unpaired) electrons. The number of ether oxygens (including phenoxy) is 1. The number of aliphatic hydroxyl groups excluding tert-OH is 2. The van der Waals surface area contributed by atoms with Crippen molar-refractivity contribution in [1.29, 1.82) is 0 Å². The zero-order valence-corrected chi connectivity index (χ0v) is 13.1. The van der Waals surface area contributed by atoms with E-state index in [1.54, 1.807) is 0 Å². The summed E-state index contributed by atoms with van der Waals surface area (Å²) in [6.45, 7) is -0.448. The third-order valence-corrected chi connectivity index (χ3v) is 3.87. The van der Waals surface area contributed by atoms with E-state index in [2.05, 4.69) is 5.16 Å². The smallest absolute Gasteiger partial charge is 0.292 e. The quantitative estimate of drug-likeness (QED) is 0.844. The number of halogens is 2. The molecule has 1 saturated heterocycles. The van der Waals surface area contributed by atoms with Crippen LogP contribution >= 0.6 is 0 Å². The summed E-state index contributed by atoms with van der Waals surface area (Å²) in [4.78, 5) is 13.8. The van der Waals surface area contributed by atoms with Gasteiger partial charge in [0.2, 0.25) is 5.76 Å². The van der Waals surface area contributed by atoms with Crippen molar-refractivity contribution in [2.45, 2.75) is 12.2 Å². The lowest BCUT2D eigenvalue weighted by molar-refractivity contribution is -0.109.